The van der Waals surface area contributed by atoms with E-state index in [1.165, 1.54) is 0 Å². The molecule has 0 aromatic heterocycles. The number of rotatable bonds is 9. The highest BCUT2D eigenvalue weighted by atomic mass is 35.5. The van der Waals surface area contributed by atoms with Crippen LogP contribution in [0.2, 0.25) is 5.02 Å². The summed E-state index contributed by atoms with van der Waals surface area (Å²) < 4.78 is 11.3. The van der Waals surface area contributed by atoms with Crippen molar-refractivity contribution < 1.29 is 9.47 Å². The minimum Gasteiger partial charge on any atom is -0.493 e. The minimum absolute atomic E-state index is 0.0947. The smallest absolute Gasteiger partial charge is 0.164 e. The Morgan fingerprint density at radius 3 is 2.62 bits per heavy atom. The minimum atomic E-state index is 0.0947. The zero-order valence-corrected chi connectivity index (χ0v) is 14.2. The van der Waals surface area contributed by atoms with Crippen molar-refractivity contribution in [3.8, 4) is 11.5 Å². The molecule has 1 unspecified atom stereocenters. The Balaban J connectivity index is 2.86. The molecule has 4 nitrogen and oxygen atoms in total. The van der Waals surface area contributed by atoms with Crippen molar-refractivity contribution in [2.45, 2.75) is 32.2 Å². The molecule has 0 saturated carbocycles. The molecule has 0 aliphatic heterocycles. The molecular formula is C16H27ClN2O2. The van der Waals surface area contributed by atoms with E-state index in [9.17, 15) is 0 Å². The van der Waals surface area contributed by atoms with Crippen molar-refractivity contribution in [3.05, 3.63) is 22.7 Å². The standard InChI is InChI=1S/C16H27ClN2O2/c1-5-14(18)10-12-9-13(17)11-15(20-4)16(12)21-8-6-7-19(2)3/h9,11,14H,5-8,10,18H2,1-4H3. The summed E-state index contributed by atoms with van der Waals surface area (Å²) in [5, 5.41) is 0.644. The van der Waals surface area contributed by atoms with Crippen LogP contribution in [-0.4, -0.2) is 45.3 Å². The molecule has 0 spiro atoms. The first-order valence-corrected chi connectivity index (χ1v) is 7.75. The maximum Gasteiger partial charge on any atom is 0.164 e. The molecule has 0 saturated heterocycles. The van der Waals surface area contributed by atoms with Crippen LogP contribution in [0.3, 0.4) is 0 Å². The average molecular weight is 315 g/mol. The summed E-state index contributed by atoms with van der Waals surface area (Å²) in [5.74, 6) is 1.44. The van der Waals surface area contributed by atoms with Crippen LogP contribution in [-0.2, 0) is 6.42 Å². The molecule has 0 aliphatic rings. The zero-order valence-electron chi connectivity index (χ0n) is 13.5. The largest absolute Gasteiger partial charge is 0.493 e. The fraction of sp³-hybridized carbons (Fsp3) is 0.625. The van der Waals surface area contributed by atoms with Gasteiger partial charge in [0, 0.05) is 29.2 Å². The second-order valence-electron chi connectivity index (χ2n) is 5.47. The van der Waals surface area contributed by atoms with Gasteiger partial charge in [-0.05, 0) is 39.4 Å². The summed E-state index contributed by atoms with van der Waals surface area (Å²) in [6, 6.07) is 3.79. The maximum absolute atomic E-state index is 6.15. The molecule has 120 valence electrons. The van der Waals surface area contributed by atoms with Crippen LogP contribution in [0.5, 0.6) is 11.5 Å². The Morgan fingerprint density at radius 1 is 1.33 bits per heavy atom. The van der Waals surface area contributed by atoms with Gasteiger partial charge >= 0.3 is 0 Å². The predicted molar refractivity (Wildman–Crippen MR) is 88.6 cm³/mol. The molecule has 0 aliphatic carbocycles. The van der Waals surface area contributed by atoms with Gasteiger partial charge in [-0.15, -0.1) is 0 Å². The van der Waals surface area contributed by atoms with Crippen LogP contribution in [0, 0.1) is 0 Å². The number of nitrogens with two attached hydrogens (primary N) is 1. The van der Waals surface area contributed by atoms with Crippen molar-refractivity contribution in [3.63, 3.8) is 0 Å². The third kappa shape index (κ3) is 6.12. The van der Waals surface area contributed by atoms with Gasteiger partial charge in [0.1, 0.15) is 0 Å². The van der Waals surface area contributed by atoms with Crippen LogP contribution in [0.15, 0.2) is 12.1 Å². The second kappa shape index (κ2) is 9.13. The lowest BCUT2D eigenvalue weighted by Gasteiger charge is -2.18. The fourth-order valence-corrected chi connectivity index (χ4v) is 2.30. The normalized spacial score (nSPS) is 12.5. The van der Waals surface area contributed by atoms with E-state index in [2.05, 4.69) is 25.9 Å². The molecule has 1 aromatic rings. The van der Waals surface area contributed by atoms with E-state index in [1.54, 1.807) is 13.2 Å². The molecule has 0 radical (unpaired) electrons. The van der Waals surface area contributed by atoms with E-state index in [0.29, 0.717) is 17.4 Å². The van der Waals surface area contributed by atoms with Crippen molar-refractivity contribution in [1.82, 2.24) is 4.90 Å². The molecule has 1 rings (SSSR count). The Labute approximate surface area is 133 Å². The van der Waals surface area contributed by atoms with Gasteiger partial charge in [0.15, 0.2) is 11.5 Å². The number of hydrogen-bond donors (Lipinski definition) is 1. The number of ether oxygens (including phenoxy) is 2. The van der Waals surface area contributed by atoms with Crippen LogP contribution in [0.4, 0.5) is 0 Å². The lowest BCUT2D eigenvalue weighted by atomic mass is 10.0. The van der Waals surface area contributed by atoms with Crippen LogP contribution < -0.4 is 15.2 Å². The molecule has 1 aromatic carbocycles. The summed E-state index contributed by atoms with van der Waals surface area (Å²) in [5.41, 5.74) is 7.08. The lowest BCUT2D eigenvalue weighted by Crippen LogP contribution is -2.22. The van der Waals surface area contributed by atoms with Crippen LogP contribution in [0.1, 0.15) is 25.3 Å². The first-order valence-electron chi connectivity index (χ1n) is 7.37. The number of methoxy groups -OCH3 is 1. The van der Waals surface area contributed by atoms with E-state index in [4.69, 9.17) is 26.8 Å². The molecule has 0 heterocycles. The predicted octanol–water partition coefficient (Wildman–Crippen LogP) is 2.96. The first-order chi connectivity index (χ1) is 9.97. The van der Waals surface area contributed by atoms with Crippen LogP contribution in [0.25, 0.3) is 0 Å². The Kier molecular flexibility index (Phi) is 7.86. The van der Waals surface area contributed by atoms with Crippen molar-refractivity contribution >= 4 is 11.6 Å². The number of halogens is 1. The summed E-state index contributed by atoms with van der Waals surface area (Å²) in [4.78, 5) is 2.14. The van der Waals surface area contributed by atoms with Crippen molar-refractivity contribution in [1.29, 1.82) is 0 Å². The van der Waals surface area contributed by atoms with Gasteiger partial charge in [0.25, 0.3) is 0 Å². The molecule has 21 heavy (non-hydrogen) atoms. The molecule has 0 fully saturated rings. The highest BCUT2D eigenvalue weighted by Gasteiger charge is 2.15. The Hall–Kier alpha value is -0.970. The van der Waals surface area contributed by atoms with Gasteiger partial charge in [0.05, 0.1) is 13.7 Å². The first kappa shape index (κ1) is 18.1. The zero-order chi connectivity index (χ0) is 15.8. The van der Waals surface area contributed by atoms with Crippen LogP contribution >= 0.6 is 11.6 Å². The molecular weight excluding hydrogens is 288 g/mol. The molecule has 1 atom stereocenters. The number of benzene rings is 1. The molecule has 0 bridgehead atoms. The second-order valence-corrected chi connectivity index (χ2v) is 5.91. The maximum atomic E-state index is 6.15. The Morgan fingerprint density at radius 2 is 2.05 bits per heavy atom. The quantitative estimate of drug-likeness (QED) is 0.712. The highest BCUT2D eigenvalue weighted by molar-refractivity contribution is 6.30. The van der Waals surface area contributed by atoms with Crippen molar-refractivity contribution in [2.24, 2.45) is 5.73 Å². The summed E-state index contributed by atoms with van der Waals surface area (Å²) in [7, 11) is 5.73. The van der Waals surface area contributed by atoms with E-state index < -0.39 is 0 Å². The summed E-state index contributed by atoms with van der Waals surface area (Å²) in [6.45, 7) is 3.70. The van der Waals surface area contributed by atoms with Gasteiger partial charge in [-0.25, -0.2) is 0 Å². The molecule has 2 N–H and O–H groups in total. The van der Waals surface area contributed by atoms with Gasteiger partial charge in [0.2, 0.25) is 0 Å². The summed E-state index contributed by atoms with van der Waals surface area (Å²) >= 11 is 6.15. The van der Waals surface area contributed by atoms with E-state index in [0.717, 1.165) is 37.1 Å². The van der Waals surface area contributed by atoms with Crippen molar-refractivity contribution in [2.75, 3.05) is 34.4 Å². The van der Waals surface area contributed by atoms with E-state index in [-0.39, 0.29) is 6.04 Å². The van der Waals surface area contributed by atoms with E-state index in [1.807, 2.05) is 6.07 Å². The van der Waals surface area contributed by atoms with E-state index >= 15 is 0 Å². The van der Waals surface area contributed by atoms with Gasteiger partial charge in [-0.1, -0.05) is 18.5 Å². The Bertz CT molecular complexity index is 439. The highest BCUT2D eigenvalue weighted by Crippen LogP contribution is 2.35. The third-order valence-corrected chi connectivity index (χ3v) is 3.54. The third-order valence-electron chi connectivity index (χ3n) is 3.32. The fourth-order valence-electron chi connectivity index (χ4n) is 2.07. The molecule has 0 amide bonds. The summed E-state index contributed by atoms with van der Waals surface area (Å²) in [6.07, 6.45) is 2.60. The lowest BCUT2D eigenvalue weighted by molar-refractivity contribution is 0.265. The van der Waals surface area contributed by atoms with Gasteiger partial charge in [-0.3, -0.25) is 0 Å². The molecule has 5 heteroatoms. The number of nitrogens with zero attached hydrogens (tertiary/aromatic N) is 1. The van der Waals surface area contributed by atoms with Gasteiger partial charge < -0.3 is 20.1 Å². The topological polar surface area (TPSA) is 47.7 Å². The SMILES string of the molecule is CCC(N)Cc1cc(Cl)cc(OC)c1OCCCN(C)C. The average Bonchev–Trinajstić information content (AvgIpc) is 2.44. The van der Waals surface area contributed by atoms with Gasteiger partial charge in [-0.2, -0.15) is 0 Å². The number of hydrogen-bond acceptors (Lipinski definition) is 4. The monoisotopic (exact) mass is 314 g/mol.